The van der Waals surface area contributed by atoms with Crippen LogP contribution in [-0.2, 0) is 17.6 Å². The second-order valence-electron chi connectivity index (χ2n) is 8.10. The van der Waals surface area contributed by atoms with Crippen LogP contribution in [0.3, 0.4) is 0 Å². The zero-order chi connectivity index (χ0) is 22.1. The van der Waals surface area contributed by atoms with E-state index in [-0.39, 0.29) is 11.9 Å². The molecule has 31 heavy (non-hydrogen) atoms. The van der Waals surface area contributed by atoms with Gasteiger partial charge >= 0.3 is 0 Å². The first-order chi connectivity index (χ1) is 14.9. The zero-order valence-electron chi connectivity index (χ0n) is 17.8. The van der Waals surface area contributed by atoms with Gasteiger partial charge in [-0.3, -0.25) is 9.59 Å². The number of amides is 2. The third kappa shape index (κ3) is 4.14. The lowest BCUT2D eigenvalue weighted by Gasteiger charge is -2.25. The van der Waals surface area contributed by atoms with E-state index < -0.39 is 5.91 Å². The predicted molar refractivity (Wildman–Crippen MR) is 119 cm³/mol. The molecule has 0 aliphatic carbocycles. The van der Waals surface area contributed by atoms with Crippen LogP contribution in [0.1, 0.15) is 52.1 Å². The Hall–Kier alpha value is -2.93. The summed E-state index contributed by atoms with van der Waals surface area (Å²) in [6.45, 7) is 4.60. The third-order valence-corrected chi connectivity index (χ3v) is 6.54. The second-order valence-corrected chi connectivity index (χ2v) is 8.51. The van der Waals surface area contributed by atoms with Crippen LogP contribution >= 0.6 is 11.6 Å². The van der Waals surface area contributed by atoms with Gasteiger partial charge in [0.2, 0.25) is 5.91 Å². The average Bonchev–Trinajstić information content (AvgIpc) is 3.36. The Labute approximate surface area is 186 Å². The number of aryl methyl sites for hydroxylation is 2. The van der Waals surface area contributed by atoms with Crippen molar-refractivity contribution in [3.05, 3.63) is 63.6 Å². The molecule has 8 heteroatoms. The van der Waals surface area contributed by atoms with Crippen molar-refractivity contribution >= 4 is 29.1 Å². The number of hydrogen-bond donors (Lipinski definition) is 1. The number of carbonyl (C=O) groups excluding carboxylic acids is 2. The van der Waals surface area contributed by atoms with Gasteiger partial charge in [0.1, 0.15) is 5.56 Å². The summed E-state index contributed by atoms with van der Waals surface area (Å²) in [5.41, 5.74) is 9.89. The summed E-state index contributed by atoms with van der Waals surface area (Å²) < 4.78 is 1.63. The molecule has 1 saturated heterocycles. The first kappa shape index (κ1) is 21.3. The maximum atomic E-state index is 13.1. The van der Waals surface area contributed by atoms with Gasteiger partial charge in [-0.2, -0.15) is 5.10 Å². The summed E-state index contributed by atoms with van der Waals surface area (Å²) in [5, 5.41) is 5.01. The van der Waals surface area contributed by atoms with Crippen LogP contribution in [0, 0.1) is 13.8 Å². The molecule has 0 spiro atoms. The lowest BCUT2D eigenvalue weighted by molar-refractivity contribution is -0.131. The minimum Gasteiger partial charge on any atom is -0.365 e. The largest absolute Gasteiger partial charge is 0.365 e. The number of carbonyl (C=O) groups is 2. The van der Waals surface area contributed by atoms with Gasteiger partial charge in [0.15, 0.2) is 5.65 Å². The summed E-state index contributed by atoms with van der Waals surface area (Å²) in [6.07, 6.45) is 5.19. The van der Waals surface area contributed by atoms with Gasteiger partial charge in [0.25, 0.3) is 5.91 Å². The normalized spacial score (nSPS) is 16.2. The molecule has 2 aromatic heterocycles. The highest BCUT2D eigenvalue weighted by Crippen LogP contribution is 2.26. The summed E-state index contributed by atoms with van der Waals surface area (Å²) in [6, 6.07) is 8.01. The van der Waals surface area contributed by atoms with E-state index in [1.54, 1.807) is 4.52 Å². The topological polar surface area (TPSA) is 93.6 Å². The standard InChI is InChI=1S/C23H26ClN5O2/c1-14-18(15(2)29-23(27-14)19(13-26-29)22(25)31)9-10-21(30)28-11-5-7-17(28)12-16-6-3-4-8-20(16)24/h3-4,6,8,13,17H,5,7,9-12H2,1-2H3,(H2,25,31). The fraction of sp³-hybridized carbons (Fsp3) is 0.391. The van der Waals surface area contributed by atoms with Crippen molar-refractivity contribution < 1.29 is 9.59 Å². The molecule has 1 unspecified atom stereocenters. The van der Waals surface area contributed by atoms with E-state index >= 15 is 0 Å². The highest BCUT2D eigenvalue weighted by atomic mass is 35.5. The van der Waals surface area contributed by atoms with Crippen molar-refractivity contribution in [3.63, 3.8) is 0 Å². The summed E-state index contributed by atoms with van der Waals surface area (Å²) >= 11 is 6.33. The van der Waals surface area contributed by atoms with Gasteiger partial charge < -0.3 is 10.6 Å². The van der Waals surface area contributed by atoms with Crippen LogP contribution in [0.15, 0.2) is 30.5 Å². The van der Waals surface area contributed by atoms with Crippen molar-refractivity contribution in [2.45, 2.75) is 52.0 Å². The van der Waals surface area contributed by atoms with Crippen LogP contribution in [0.25, 0.3) is 5.65 Å². The molecule has 3 heterocycles. The van der Waals surface area contributed by atoms with E-state index in [0.29, 0.717) is 24.1 Å². The SMILES string of the molecule is Cc1nc2c(C(N)=O)cnn2c(C)c1CCC(=O)N1CCCC1Cc1ccccc1Cl. The Balaban J connectivity index is 1.48. The number of rotatable bonds is 6. The van der Waals surface area contributed by atoms with Gasteiger partial charge in [0, 0.05) is 35.4 Å². The van der Waals surface area contributed by atoms with Crippen molar-refractivity contribution in [2.75, 3.05) is 6.54 Å². The van der Waals surface area contributed by atoms with E-state index in [0.717, 1.165) is 53.3 Å². The first-order valence-electron chi connectivity index (χ1n) is 10.5. The third-order valence-electron chi connectivity index (χ3n) is 6.17. The minimum absolute atomic E-state index is 0.145. The number of primary amides is 1. The molecule has 1 atom stereocenters. The van der Waals surface area contributed by atoms with E-state index in [1.807, 2.05) is 43.0 Å². The number of hydrogen-bond acceptors (Lipinski definition) is 4. The van der Waals surface area contributed by atoms with Gasteiger partial charge in [-0.15, -0.1) is 0 Å². The van der Waals surface area contributed by atoms with Crippen LogP contribution in [0.5, 0.6) is 0 Å². The van der Waals surface area contributed by atoms with E-state index in [9.17, 15) is 9.59 Å². The molecule has 162 valence electrons. The van der Waals surface area contributed by atoms with Crippen LogP contribution in [0.4, 0.5) is 0 Å². The quantitative estimate of drug-likeness (QED) is 0.637. The predicted octanol–water partition coefficient (Wildman–Crippen LogP) is 3.26. The fourth-order valence-corrected chi connectivity index (χ4v) is 4.73. The Kier molecular flexibility index (Phi) is 5.96. The van der Waals surface area contributed by atoms with Crippen molar-refractivity contribution in [3.8, 4) is 0 Å². The van der Waals surface area contributed by atoms with Crippen molar-refractivity contribution in [1.29, 1.82) is 0 Å². The van der Waals surface area contributed by atoms with E-state index in [2.05, 4.69) is 10.1 Å². The summed E-state index contributed by atoms with van der Waals surface area (Å²) in [5.74, 6) is -0.408. The Morgan fingerprint density at radius 1 is 1.26 bits per heavy atom. The molecule has 0 saturated carbocycles. The number of aromatic nitrogens is 3. The molecule has 0 bridgehead atoms. The highest BCUT2D eigenvalue weighted by Gasteiger charge is 2.29. The zero-order valence-corrected chi connectivity index (χ0v) is 18.5. The number of halogens is 1. The summed E-state index contributed by atoms with van der Waals surface area (Å²) in [4.78, 5) is 31.2. The minimum atomic E-state index is -0.553. The number of likely N-dealkylation sites (tertiary alicyclic amines) is 1. The van der Waals surface area contributed by atoms with E-state index in [4.69, 9.17) is 17.3 Å². The molecule has 1 aliphatic rings. The van der Waals surface area contributed by atoms with Gasteiger partial charge in [-0.25, -0.2) is 9.50 Å². The molecule has 7 nitrogen and oxygen atoms in total. The molecule has 1 fully saturated rings. The monoisotopic (exact) mass is 439 g/mol. The van der Waals surface area contributed by atoms with Crippen LogP contribution in [-0.4, -0.2) is 43.9 Å². The first-order valence-corrected chi connectivity index (χ1v) is 10.9. The smallest absolute Gasteiger partial charge is 0.254 e. The molecule has 4 rings (SSSR count). The number of fused-ring (bicyclic) bond motifs is 1. The molecule has 2 N–H and O–H groups in total. The van der Waals surface area contributed by atoms with Gasteiger partial charge in [0.05, 0.1) is 6.20 Å². The lowest BCUT2D eigenvalue weighted by Crippen LogP contribution is -2.37. The Morgan fingerprint density at radius 2 is 2.03 bits per heavy atom. The summed E-state index contributed by atoms with van der Waals surface area (Å²) in [7, 11) is 0. The Bertz CT molecular complexity index is 1160. The van der Waals surface area contributed by atoms with Crippen molar-refractivity contribution in [2.24, 2.45) is 5.73 Å². The maximum Gasteiger partial charge on any atom is 0.254 e. The second kappa shape index (κ2) is 8.67. The molecular formula is C23H26ClN5O2. The number of nitrogens with two attached hydrogens (primary N) is 1. The van der Waals surface area contributed by atoms with Crippen LogP contribution in [0.2, 0.25) is 5.02 Å². The maximum absolute atomic E-state index is 13.1. The molecule has 0 radical (unpaired) electrons. The number of nitrogens with zero attached hydrogens (tertiary/aromatic N) is 4. The molecule has 3 aromatic rings. The van der Waals surface area contributed by atoms with Crippen LogP contribution < -0.4 is 5.73 Å². The lowest BCUT2D eigenvalue weighted by atomic mass is 10.0. The molecule has 1 aliphatic heterocycles. The average molecular weight is 440 g/mol. The number of benzene rings is 1. The fourth-order valence-electron chi connectivity index (χ4n) is 4.52. The van der Waals surface area contributed by atoms with E-state index in [1.165, 1.54) is 6.20 Å². The van der Waals surface area contributed by atoms with Gasteiger partial charge in [-0.1, -0.05) is 29.8 Å². The molecule has 1 aromatic carbocycles. The van der Waals surface area contributed by atoms with Gasteiger partial charge in [-0.05, 0) is 56.7 Å². The highest BCUT2D eigenvalue weighted by molar-refractivity contribution is 6.31. The Morgan fingerprint density at radius 3 is 2.77 bits per heavy atom. The molecule has 2 amide bonds. The molecular weight excluding hydrogens is 414 g/mol. The van der Waals surface area contributed by atoms with Crippen molar-refractivity contribution in [1.82, 2.24) is 19.5 Å².